The first-order valence-electron chi connectivity index (χ1n) is 15.5. The second-order valence-electron chi connectivity index (χ2n) is 11.5. The number of fused-ring (bicyclic) bond motifs is 1. The van der Waals surface area contributed by atoms with Crippen LogP contribution in [0.3, 0.4) is 0 Å². The lowest BCUT2D eigenvalue weighted by molar-refractivity contribution is -0.133. The molecule has 4 aromatic rings. The van der Waals surface area contributed by atoms with E-state index in [1.54, 1.807) is 19.1 Å². The Morgan fingerprint density at radius 3 is 2.04 bits per heavy atom. The molecule has 1 saturated heterocycles. The highest BCUT2D eigenvalue weighted by molar-refractivity contribution is 5.97. The zero-order valence-electron chi connectivity index (χ0n) is 25.9. The third-order valence-corrected chi connectivity index (χ3v) is 8.55. The van der Waals surface area contributed by atoms with Crippen LogP contribution < -0.4 is 10.2 Å². The number of anilines is 1. The molecule has 10 nitrogen and oxygen atoms in total. The van der Waals surface area contributed by atoms with Gasteiger partial charge in [0.15, 0.2) is 0 Å². The van der Waals surface area contributed by atoms with E-state index in [1.165, 1.54) is 4.90 Å². The third kappa shape index (κ3) is 6.96. The van der Waals surface area contributed by atoms with Crippen LogP contribution in [0.2, 0.25) is 0 Å². The minimum Gasteiger partial charge on any atom is -0.445 e. The van der Waals surface area contributed by atoms with E-state index in [0.29, 0.717) is 5.69 Å². The number of carbonyl (C=O) groups excluding carboxylic acids is 4. The molecule has 1 unspecified atom stereocenters. The van der Waals surface area contributed by atoms with E-state index in [4.69, 9.17) is 14.2 Å². The van der Waals surface area contributed by atoms with Crippen LogP contribution in [0, 0.1) is 5.92 Å². The van der Waals surface area contributed by atoms with Crippen LogP contribution in [0.1, 0.15) is 41.2 Å². The van der Waals surface area contributed by atoms with Crippen molar-refractivity contribution in [2.24, 2.45) is 5.92 Å². The Balaban J connectivity index is 1.24. The van der Waals surface area contributed by atoms with Gasteiger partial charge in [-0.05, 0) is 35.2 Å². The van der Waals surface area contributed by atoms with Crippen molar-refractivity contribution >= 4 is 29.9 Å². The summed E-state index contributed by atoms with van der Waals surface area (Å²) in [6.45, 7) is 1.84. The van der Waals surface area contributed by atoms with Gasteiger partial charge in [-0.3, -0.25) is 9.69 Å². The monoisotopic (exact) mass is 633 g/mol. The van der Waals surface area contributed by atoms with Gasteiger partial charge in [-0.2, -0.15) is 0 Å². The summed E-state index contributed by atoms with van der Waals surface area (Å²) in [4.78, 5) is 56.5. The van der Waals surface area contributed by atoms with Crippen LogP contribution in [-0.2, 0) is 32.2 Å². The molecule has 10 heteroatoms. The first-order chi connectivity index (χ1) is 22.9. The van der Waals surface area contributed by atoms with Crippen LogP contribution in [0.25, 0.3) is 0 Å². The maximum Gasteiger partial charge on any atom is 0.417 e. The van der Waals surface area contributed by atoms with Crippen LogP contribution in [-0.4, -0.2) is 48.2 Å². The summed E-state index contributed by atoms with van der Waals surface area (Å²) in [5.41, 5.74) is 3.73. The molecular weight excluding hydrogens is 598 g/mol. The fraction of sp³-hybridized carbons (Fsp3) is 0.243. The minimum atomic E-state index is -0.947. The molecule has 4 amide bonds. The highest BCUT2D eigenvalue weighted by Crippen LogP contribution is 2.43. The lowest BCUT2D eigenvalue weighted by Gasteiger charge is -2.28. The van der Waals surface area contributed by atoms with Crippen LogP contribution in [0.4, 0.5) is 20.1 Å². The summed E-state index contributed by atoms with van der Waals surface area (Å²) < 4.78 is 16.8. The molecule has 4 atom stereocenters. The lowest BCUT2D eigenvalue weighted by atomic mass is 9.86. The zero-order chi connectivity index (χ0) is 32.8. The number of ether oxygens (including phenoxy) is 3. The second-order valence-corrected chi connectivity index (χ2v) is 11.5. The Kier molecular flexibility index (Phi) is 9.47. The number of hydrogen-bond donors (Lipinski definition) is 1. The summed E-state index contributed by atoms with van der Waals surface area (Å²) in [6.07, 6.45) is -2.70. The second kappa shape index (κ2) is 14.2. The molecule has 4 aromatic carbocycles. The van der Waals surface area contributed by atoms with Gasteiger partial charge in [-0.15, -0.1) is 0 Å². The summed E-state index contributed by atoms with van der Waals surface area (Å²) >= 11 is 0. The van der Waals surface area contributed by atoms with E-state index in [2.05, 4.69) is 5.32 Å². The van der Waals surface area contributed by atoms with Crippen LogP contribution >= 0.6 is 0 Å². The van der Waals surface area contributed by atoms with E-state index in [1.807, 2.05) is 103 Å². The van der Waals surface area contributed by atoms with Crippen molar-refractivity contribution < 1.29 is 33.4 Å². The largest absolute Gasteiger partial charge is 0.445 e. The van der Waals surface area contributed by atoms with Crippen molar-refractivity contribution in [2.75, 3.05) is 18.0 Å². The van der Waals surface area contributed by atoms with Crippen molar-refractivity contribution in [2.45, 2.75) is 38.2 Å². The Labute approximate surface area is 272 Å². The van der Waals surface area contributed by atoms with Gasteiger partial charge >= 0.3 is 18.3 Å². The normalized spacial score (nSPS) is 19.0. The fourth-order valence-electron chi connectivity index (χ4n) is 6.15. The molecule has 2 aliphatic rings. The predicted octanol–water partition coefficient (Wildman–Crippen LogP) is 6.58. The summed E-state index contributed by atoms with van der Waals surface area (Å²) in [5, 5.41) is 2.73. The van der Waals surface area contributed by atoms with Crippen molar-refractivity contribution in [3.8, 4) is 0 Å². The number of para-hydroxylation sites is 1. The number of cyclic esters (lactones) is 1. The first-order valence-corrected chi connectivity index (χ1v) is 15.5. The van der Waals surface area contributed by atoms with Gasteiger partial charge < -0.3 is 19.5 Å². The molecule has 0 radical (unpaired) electrons. The summed E-state index contributed by atoms with van der Waals surface area (Å²) in [6, 6.07) is 34.5. The van der Waals surface area contributed by atoms with Crippen molar-refractivity contribution in [1.29, 1.82) is 0 Å². The van der Waals surface area contributed by atoms with E-state index >= 15 is 0 Å². The van der Waals surface area contributed by atoms with Crippen molar-refractivity contribution in [3.05, 3.63) is 138 Å². The maximum absolute atomic E-state index is 14.4. The van der Waals surface area contributed by atoms with E-state index < -0.39 is 48.2 Å². The molecule has 1 fully saturated rings. The smallest absolute Gasteiger partial charge is 0.417 e. The maximum atomic E-state index is 14.4. The highest BCUT2D eigenvalue weighted by atomic mass is 16.6. The van der Waals surface area contributed by atoms with E-state index in [0.717, 1.165) is 27.2 Å². The molecule has 2 heterocycles. The average molecular weight is 634 g/mol. The molecule has 0 saturated carbocycles. The number of amides is 4. The van der Waals surface area contributed by atoms with E-state index in [-0.39, 0.29) is 26.3 Å². The standard InChI is InChI=1S/C37H35N3O7/c1-25-33(28-17-9-4-10-18-28)47-37(44)40(25)34(41)30(21-38-35(42)45-23-26-13-5-2-6-14-26)31-22-39(32-20-12-11-19-29(31)32)36(43)46-24-27-15-7-3-8-16-27/h2-20,25,30-31,33H,21-24H2,1H3,(H,38,42)/t25-,30-,31?,33-/m0/s1. The van der Waals surface area contributed by atoms with Crippen molar-refractivity contribution in [3.63, 3.8) is 0 Å². The molecule has 6 rings (SSSR count). The minimum absolute atomic E-state index is 0.0484. The zero-order valence-corrected chi connectivity index (χ0v) is 25.9. The third-order valence-electron chi connectivity index (χ3n) is 8.55. The molecule has 2 aliphatic heterocycles. The van der Waals surface area contributed by atoms with Gasteiger partial charge in [0.2, 0.25) is 5.91 Å². The first kappa shape index (κ1) is 31.3. The number of rotatable bonds is 9. The van der Waals surface area contributed by atoms with Gasteiger partial charge in [0, 0.05) is 19.0 Å². The summed E-state index contributed by atoms with van der Waals surface area (Å²) in [5.74, 6) is -2.05. The number of nitrogens with one attached hydrogen (secondary N) is 1. The summed E-state index contributed by atoms with van der Waals surface area (Å²) in [7, 11) is 0. The number of imide groups is 1. The number of alkyl carbamates (subject to hydrolysis) is 1. The molecular formula is C37H35N3O7. The molecule has 1 N–H and O–H groups in total. The fourth-order valence-corrected chi connectivity index (χ4v) is 6.15. The number of nitrogens with zero attached hydrogens (tertiary/aromatic N) is 2. The van der Waals surface area contributed by atoms with Gasteiger partial charge in [0.05, 0.1) is 17.6 Å². The topological polar surface area (TPSA) is 114 Å². The Morgan fingerprint density at radius 2 is 1.38 bits per heavy atom. The molecule has 0 bridgehead atoms. The molecule has 47 heavy (non-hydrogen) atoms. The van der Waals surface area contributed by atoms with Gasteiger partial charge in [-0.1, -0.05) is 109 Å². The number of carbonyl (C=O) groups is 4. The number of hydrogen-bond acceptors (Lipinski definition) is 7. The SMILES string of the molecule is C[C@H]1[C@@H](c2ccccc2)OC(=O)N1C(=O)[C@@H](CNC(=O)OCc1ccccc1)C1CN(C(=O)OCc2ccccc2)c2ccccc21. The molecule has 0 aromatic heterocycles. The number of benzene rings is 4. The predicted molar refractivity (Wildman–Crippen MR) is 173 cm³/mol. The van der Waals surface area contributed by atoms with Gasteiger partial charge in [0.1, 0.15) is 19.3 Å². The Bertz CT molecular complexity index is 1720. The molecule has 240 valence electrons. The van der Waals surface area contributed by atoms with Gasteiger partial charge in [-0.25, -0.2) is 19.3 Å². The van der Waals surface area contributed by atoms with Crippen LogP contribution in [0.5, 0.6) is 0 Å². The van der Waals surface area contributed by atoms with E-state index in [9.17, 15) is 19.2 Å². The molecule has 0 spiro atoms. The quantitative estimate of drug-likeness (QED) is 0.207. The average Bonchev–Trinajstić information content (AvgIpc) is 3.64. The lowest BCUT2D eigenvalue weighted by Crippen LogP contribution is -2.48. The highest BCUT2D eigenvalue weighted by Gasteiger charge is 2.49. The van der Waals surface area contributed by atoms with Crippen molar-refractivity contribution in [1.82, 2.24) is 10.2 Å². The molecule has 0 aliphatic carbocycles. The van der Waals surface area contributed by atoms with Crippen LogP contribution in [0.15, 0.2) is 115 Å². The Morgan fingerprint density at radius 1 is 0.809 bits per heavy atom. The van der Waals surface area contributed by atoms with Gasteiger partial charge in [0.25, 0.3) is 0 Å². The Hall–Kier alpha value is -5.64.